The van der Waals surface area contributed by atoms with E-state index in [0.29, 0.717) is 5.56 Å². The van der Waals surface area contributed by atoms with E-state index in [1.54, 1.807) is 18.2 Å². The second-order valence-corrected chi connectivity index (χ2v) is 6.97. The highest BCUT2D eigenvalue weighted by atomic mass is 79.9. The van der Waals surface area contributed by atoms with E-state index in [2.05, 4.69) is 15.9 Å². The summed E-state index contributed by atoms with van der Waals surface area (Å²) < 4.78 is 21.2. The van der Waals surface area contributed by atoms with Gasteiger partial charge in [-0.25, -0.2) is 8.42 Å². The summed E-state index contributed by atoms with van der Waals surface area (Å²) in [4.78, 5) is 11.3. The van der Waals surface area contributed by atoms with Crippen molar-refractivity contribution in [1.82, 2.24) is 0 Å². The molecule has 1 atom stereocenters. The third-order valence-corrected chi connectivity index (χ3v) is 6.04. The van der Waals surface area contributed by atoms with E-state index in [4.69, 9.17) is 5.73 Å². The topological polar surface area (TPSA) is 77.2 Å². The number of nitrogens with two attached hydrogens (primary N) is 1. The molecule has 0 aromatic heterocycles. The summed E-state index contributed by atoms with van der Waals surface area (Å²) in [5, 5.41) is 0. The van der Waals surface area contributed by atoms with E-state index >= 15 is 0 Å². The number of primary amides is 1. The molecule has 1 amide bonds. The Morgan fingerprint density at radius 2 is 1.80 bits per heavy atom. The molecule has 0 saturated heterocycles. The van der Waals surface area contributed by atoms with Crippen LogP contribution >= 0.6 is 15.9 Å². The molecule has 82 valence electrons. The Morgan fingerprint density at radius 1 is 1.33 bits per heavy atom. The van der Waals surface area contributed by atoms with Crippen LogP contribution < -0.4 is 5.73 Å². The summed E-state index contributed by atoms with van der Waals surface area (Å²) in [7, 11) is -3.67. The number of alkyl halides is 1. The van der Waals surface area contributed by atoms with Crippen LogP contribution in [-0.4, -0.2) is 20.6 Å². The Morgan fingerprint density at radius 3 is 2.13 bits per heavy atom. The van der Waals surface area contributed by atoms with Crippen LogP contribution in [0.5, 0.6) is 0 Å². The minimum Gasteiger partial charge on any atom is -0.367 e. The maximum atomic E-state index is 11.5. The van der Waals surface area contributed by atoms with E-state index in [1.807, 2.05) is 0 Å². The van der Waals surface area contributed by atoms with Crippen molar-refractivity contribution in [3.8, 4) is 0 Å². The maximum Gasteiger partial charge on any atom is 0.254 e. The Kier molecular flexibility index (Phi) is 3.20. The van der Waals surface area contributed by atoms with Crippen LogP contribution in [0.25, 0.3) is 0 Å². The summed E-state index contributed by atoms with van der Waals surface area (Å²) in [6, 6.07) is 8.06. The fraction of sp³-hybridized carbons (Fsp3) is 0.222. The van der Waals surface area contributed by atoms with Crippen LogP contribution in [0.3, 0.4) is 0 Å². The van der Waals surface area contributed by atoms with E-state index in [1.165, 1.54) is 12.1 Å². The molecule has 15 heavy (non-hydrogen) atoms. The van der Waals surface area contributed by atoms with Gasteiger partial charge >= 0.3 is 0 Å². The van der Waals surface area contributed by atoms with E-state index < -0.39 is 19.4 Å². The predicted molar refractivity (Wildman–Crippen MR) is 61.1 cm³/mol. The van der Waals surface area contributed by atoms with Crippen molar-refractivity contribution in [2.45, 2.75) is 3.66 Å². The van der Waals surface area contributed by atoms with Gasteiger partial charge in [0.05, 0.1) is 0 Å². The van der Waals surface area contributed by atoms with Gasteiger partial charge in [0.25, 0.3) is 5.91 Å². The lowest BCUT2D eigenvalue weighted by Crippen LogP contribution is -2.42. The molecule has 0 bridgehead atoms. The zero-order chi connectivity index (χ0) is 11.7. The zero-order valence-electron chi connectivity index (χ0n) is 7.98. The van der Waals surface area contributed by atoms with Gasteiger partial charge in [-0.1, -0.05) is 46.3 Å². The molecule has 1 unspecified atom stereocenters. The van der Waals surface area contributed by atoms with E-state index in [9.17, 15) is 13.2 Å². The second-order valence-electron chi connectivity index (χ2n) is 3.10. The number of sulfone groups is 1. The normalized spacial score (nSPS) is 15.6. The van der Waals surface area contributed by atoms with Crippen molar-refractivity contribution in [2.24, 2.45) is 5.73 Å². The first-order chi connectivity index (χ1) is 6.80. The van der Waals surface area contributed by atoms with Crippen LogP contribution in [-0.2, 0) is 18.3 Å². The van der Waals surface area contributed by atoms with Crippen molar-refractivity contribution in [3.63, 3.8) is 0 Å². The van der Waals surface area contributed by atoms with Crippen LogP contribution in [0.15, 0.2) is 30.3 Å². The molecule has 6 heteroatoms. The van der Waals surface area contributed by atoms with E-state index in [0.717, 1.165) is 6.26 Å². The third-order valence-electron chi connectivity index (χ3n) is 1.97. The molecule has 2 N–H and O–H groups in total. The van der Waals surface area contributed by atoms with Crippen LogP contribution in [0.1, 0.15) is 5.56 Å². The quantitative estimate of drug-likeness (QED) is 0.836. The van der Waals surface area contributed by atoms with Crippen LogP contribution in [0.2, 0.25) is 0 Å². The average molecular weight is 292 g/mol. The third kappa shape index (κ3) is 2.05. The number of carbonyl (C=O) groups excluding carboxylic acids is 1. The number of hydrogen-bond acceptors (Lipinski definition) is 3. The summed E-state index contributed by atoms with van der Waals surface area (Å²) in [5.41, 5.74) is 5.43. The largest absolute Gasteiger partial charge is 0.367 e. The van der Waals surface area contributed by atoms with Crippen molar-refractivity contribution in [2.75, 3.05) is 6.26 Å². The van der Waals surface area contributed by atoms with Crippen molar-refractivity contribution < 1.29 is 13.2 Å². The highest BCUT2D eigenvalue weighted by Gasteiger charge is 2.45. The molecule has 0 aliphatic carbocycles. The first-order valence-electron chi connectivity index (χ1n) is 4.04. The number of rotatable bonds is 3. The number of hydrogen-bond donors (Lipinski definition) is 1. The van der Waals surface area contributed by atoms with Crippen molar-refractivity contribution >= 4 is 31.7 Å². The molecule has 0 saturated carbocycles. The summed E-state index contributed by atoms with van der Waals surface area (Å²) >= 11 is 2.92. The molecule has 1 aromatic carbocycles. The highest BCUT2D eigenvalue weighted by molar-refractivity contribution is 9.11. The molecule has 0 aliphatic heterocycles. The Hall–Kier alpha value is -0.880. The van der Waals surface area contributed by atoms with E-state index in [-0.39, 0.29) is 0 Å². The minimum atomic E-state index is -3.67. The lowest BCUT2D eigenvalue weighted by atomic mass is 10.1. The highest BCUT2D eigenvalue weighted by Crippen LogP contribution is 2.36. The first kappa shape index (κ1) is 12.2. The van der Waals surface area contributed by atoms with Gasteiger partial charge in [0.1, 0.15) is 0 Å². The predicted octanol–water partition coefficient (Wildman–Crippen LogP) is 0.764. The molecule has 0 aliphatic rings. The van der Waals surface area contributed by atoms with Crippen LogP contribution in [0.4, 0.5) is 0 Å². The summed E-state index contributed by atoms with van der Waals surface area (Å²) in [6.45, 7) is 0. The lowest BCUT2D eigenvalue weighted by molar-refractivity contribution is -0.118. The van der Waals surface area contributed by atoms with Gasteiger partial charge in [-0.2, -0.15) is 0 Å². The Bertz CT molecular complexity index is 471. The van der Waals surface area contributed by atoms with Gasteiger partial charge in [-0.15, -0.1) is 0 Å². The number of benzene rings is 1. The number of halogens is 1. The molecule has 1 rings (SSSR count). The second kappa shape index (κ2) is 3.94. The van der Waals surface area contributed by atoms with Gasteiger partial charge in [-0.3, -0.25) is 4.79 Å². The molecule has 0 fully saturated rings. The Balaban J connectivity index is 3.46. The summed E-state index contributed by atoms with van der Waals surface area (Å²) in [5.74, 6) is -0.948. The molecular formula is C9H10BrNO3S. The molecule has 1 aromatic rings. The van der Waals surface area contributed by atoms with Crippen molar-refractivity contribution in [3.05, 3.63) is 35.9 Å². The van der Waals surface area contributed by atoms with Gasteiger partial charge in [-0.05, 0) is 5.56 Å². The lowest BCUT2D eigenvalue weighted by Gasteiger charge is -2.22. The average Bonchev–Trinajstić information content (AvgIpc) is 2.16. The van der Waals surface area contributed by atoms with Crippen molar-refractivity contribution in [1.29, 1.82) is 0 Å². The fourth-order valence-corrected chi connectivity index (χ4v) is 2.39. The molecule has 4 nitrogen and oxygen atoms in total. The first-order valence-corrected chi connectivity index (χ1v) is 6.72. The van der Waals surface area contributed by atoms with Gasteiger partial charge in [0.15, 0.2) is 9.84 Å². The zero-order valence-corrected chi connectivity index (χ0v) is 10.4. The number of carbonyl (C=O) groups is 1. The molecular weight excluding hydrogens is 282 g/mol. The standard InChI is InChI=1S/C9H10BrNO3S/c1-15(13,14)9(10,8(11)12)7-5-3-2-4-6-7/h2-6H,1H3,(H2,11,12). The minimum absolute atomic E-state index is 0.306. The summed E-state index contributed by atoms with van der Waals surface area (Å²) in [6.07, 6.45) is 0.958. The van der Waals surface area contributed by atoms with Gasteiger partial charge < -0.3 is 5.73 Å². The SMILES string of the molecule is CS(=O)(=O)C(Br)(C(N)=O)c1ccccc1. The fourth-order valence-electron chi connectivity index (χ4n) is 1.19. The van der Waals surface area contributed by atoms with Gasteiger partial charge in [0.2, 0.25) is 3.66 Å². The van der Waals surface area contributed by atoms with Crippen LogP contribution in [0, 0.1) is 0 Å². The smallest absolute Gasteiger partial charge is 0.254 e. The number of amides is 1. The maximum absolute atomic E-state index is 11.5. The molecule has 0 spiro atoms. The Labute approximate surface area is 96.5 Å². The van der Waals surface area contributed by atoms with Gasteiger partial charge in [0, 0.05) is 6.26 Å². The molecule has 0 radical (unpaired) electrons. The monoisotopic (exact) mass is 291 g/mol. The molecule has 0 heterocycles.